The summed E-state index contributed by atoms with van der Waals surface area (Å²) in [7, 11) is -3.15. The number of aliphatic hydroxyl groups excluding tert-OH is 2. The molecule has 0 aliphatic rings. The third kappa shape index (κ3) is 4.57. The molecule has 2 N–H and O–H groups in total. The summed E-state index contributed by atoms with van der Waals surface area (Å²) >= 11 is 0. The zero-order valence-corrected chi connectivity index (χ0v) is 15.1. The maximum absolute atomic E-state index is 12.3. The lowest BCUT2D eigenvalue weighted by Crippen LogP contribution is -2.10. The second kappa shape index (κ2) is 8.95. The molecule has 134 valence electrons. The Morgan fingerprint density at radius 1 is 1.04 bits per heavy atom. The van der Waals surface area contributed by atoms with Gasteiger partial charge in [-0.3, -0.25) is 4.79 Å². The second-order valence-corrected chi connectivity index (χ2v) is 8.65. The fourth-order valence-corrected chi connectivity index (χ4v) is 3.50. The Hall–Kier alpha value is -1.94. The van der Waals surface area contributed by atoms with Crippen molar-refractivity contribution in [3.63, 3.8) is 0 Å². The number of benzene rings is 2. The predicted molar refractivity (Wildman–Crippen MR) is 99.1 cm³/mol. The summed E-state index contributed by atoms with van der Waals surface area (Å²) in [5.74, 6) is 0.543. The summed E-state index contributed by atoms with van der Waals surface area (Å²) in [4.78, 5) is 11.2. The van der Waals surface area contributed by atoms with E-state index in [1.54, 1.807) is 30.3 Å². The molecular formula is C19H23O5P. The lowest BCUT2D eigenvalue weighted by atomic mass is 10.0. The van der Waals surface area contributed by atoms with Crippen LogP contribution < -0.4 is 10.0 Å². The molecule has 5 nitrogen and oxygen atoms in total. The van der Waals surface area contributed by atoms with Crippen LogP contribution >= 0.6 is 7.14 Å². The van der Waals surface area contributed by atoms with Crippen LogP contribution in [-0.4, -0.2) is 35.8 Å². The van der Waals surface area contributed by atoms with E-state index in [4.69, 9.17) is 4.74 Å². The summed E-state index contributed by atoms with van der Waals surface area (Å²) < 4.78 is 18.0. The van der Waals surface area contributed by atoms with Crippen molar-refractivity contribution < 1.29 is 24.3 Å². The molecule has 0 atom stereocenters. The predicted octanol–water partition coefficient (Wildman–Crippen LogP) is 3.23. The van der Waals surface area contributed by atoms with Crippen molar-refractivity contribution in [3.8, 4) is 16.9 Å². The third-order valence-corrected chi connectivity index (χ3v) is 6.18. The molecule has 2 rings (SSSR count). The molecule has 0 spiro atoms. The summed E-state index contributed by atoms with van der Waals surface area (Å²) in [6, 6.07) is 12.2. The van der Waals surface area contributed by atoms with Gasteiger partial charge < -0.3 is 19.5 Å². The molecule has 0 aromatic heterocycles. The SMILES string of the molecule is CCCCOc1cc(-c2ccc(P(=O)(CO)CO)cc2)ccc1C=O. The Morgan fingerprint density at radius 2 is 1.68 bits per heavy atom. The van der Waals surface area contributed by atoms with Crippen molar-refractivity contribution in [1.29, 1.82) is 0 Å². The summed E-state index contributed by atoms with van der Waals surface area (Å²) in [6.45, 7) is 2.62. The van der Waals surface area contributed by atoms with Crippen LogP contribution in [0.3, 0.4) is 0 Å². The molecule has 2 aromatic rings. The van der Waals surface area contributed by atoms with Crippen molar-refractivity contribution in [3.05, 3.63) is 48.0 Å². The van der Waals surface area contributed by atoms with Gasteiger partial charge in [0, 0.05) is 5.30 Å². The quantitative estimate of drug-likeness (QED) is 0.406. The number of ether oxygens (including phenoxy) is 1. The van der Waals surface area contributed by atoms with Crippen LogP contribution in [0.4, 0.5) is 0 Å². The smallest absolute Gasteiger partial charge is 0.163 e. The molecule has 0 saturated heterocycles. The Bertz CT molecular complexity index is 747. The van der Waals surface area contributed by atoms with Gasteiger partial charge in [0.15, 0.2) is 13.4 Å². The van der Waals surface area contributed by atoms with Crippen molar-refractivity contribution >= 4 is 18.7 Å². The first kappa shape index (κ1) is 19.4. The second-order valence-electron chi connectivity index (χ2n) is 5.79. The third-order valence-electron chi connectivity index (χ3n) is 4.02. The van der Waals surface area contributed by atoms with Crippen LogP contribution in [0.25, 0.3) is 11.1 Å². The van der Waals surface area contributed by atoms with Gasteiger partial charge in [0.1, 0.15) is 18.4 Å². The highest BCUT2D eigenvalue weighted by Crippen LogP contribution is 2.42. The Kier molecular flexibility index (Phi) is 6.94. The molecule has 0 saturated carbocycles. The number of carbonyl (C=O) groups is 1. The Labute approximate surface area is 147 Å². The highest BCUT2D eigenvalue weighted by molar-refractivity contribution is 7.71. The van der Waals surface area contributed by atoms with Crippen molar-refractivity contribution in [2.75, 3.05) is 19.3 Å². The lowest BCUT2D eigenvalue weighted by Gasteiger charge is -2.14. The highest BCUT2D eigenvalue weighted by atomic mass is 31.2. The van der Waals surface area contributed by atoms with E-state index in [9.17, 15) is 19.6 Å². The fourth-order valence-electron chi connectivity index (χ4n) is 2.40. The van der Waals surface area contributed by atoms with Gasteiger partial charge in [0.05, 0.1) is 12.2 Å². The van der Waals surface area contributed by atoms with E-state index in [1.165, 1.54) is 0 Å². The van der Waals surface area contributed by atoms with E-state index in [-0.39, 0.29) is 0 Å². The highest BCUT2D eigenvalue weighted by Gasteiger charge is 2.22. The summed E-state index contributed by atoms with van der Waals surface area (Å²) in [5.41, 5.74) is 2.23. The van der Waals surface area contributed by atoms with Crippen molar-refractivity contribution in [2.24, 2.45) is 0 Å². The first-order valence-electron chi connectivity index (χ1n) is 8.20. The number of unbranched alkanes of at least 4 members (excludes halogenated alkanes) is 1. The van der Waals surface area contributed by atoms with Gasteiger partial charge in [-0.1, -0.05) is 43.7 Å². The Morgan fingerprint density at radius 3 is 2.24 bits per heavy atom. The van der Waals surface area contributed by atoms with E-state index in [1.807, 2.05) is 12.1 Å². The molecular weight excluding hydrogens is 339 g/mol. The van der Waals surface area contributed by atoms with E-state index < -0.39 is 19.8 Å². The number of aldehydes is 1. The normalized spacial score (nSPS) is 11.3. The summed E-state index contributed by atoms with van der Waals surface area (Å²) in [5, 5.41) is 18.9. The number of hydrogen-bond donors (Lipinski definition) is 2. The van der Waals surface area contributed by atoms with Crippen molar-refractivity contribution in [2.45, 2.75) is 19.8 Å². The van der Waals surface area contributed by atoms with Crippen LogP contribution in [0, 0.1) is 0 Å². The molecule has 0 fully saturated rings. The number of hydrogen-bond acceptors (Lipinski definition) is 5. The fraction of sp³-hybridized carbons (Fsp3) is 0.316. The minimum Gasteiger partial charge on any atom is -0.493 e. The zero-order chi connectivity index (χ0) is 18.3. The minimum absolute atomic E-state index is 0.435. The lowest BCUT2D eigenvalue weighted by molar-refractivity contribution is 0.111. The van der Waals surface area contributed by atoms with E-state index in [2.05, 4.69) is 6.92 Å². The van der Waals surface area contributed by atoms with E-state index in [0.717, 1.165) is 30.3 Å². The molecule has 6 heteroatoms. The number of carbonyl (C=O) groups excluding carboxylic acids is 1. The number of rotatable bonds is 9. The monoisotopic (exact) mass is 362 g/mol. The molecule has 0 bridgehead atoms. The minimum atomic E-state index is -3.15. The average Bonchev–Trinajstić information content (AvgIpc) is 2.67. The van der Waals surface area contributed by atoms with Gasteiger partial charge in [-0.2, -0.15) is 0 Å². The molecule has 0 radical (unpaired) electrons. The van der Waals surface area contributed by atoms with Crippen LogP contribution in [0.5, 0.6) is 5.75 Å². The van der Waals surface area contributed by atoms with Gasteiger partial charge in [0.2, 0.25) is 0 Å². The molecule has 0 heterocycles. The van der Waals surface area contributed by atoms with E-state index in [0.29, 0.717) is 23.2 Å². The molecule has 25 heavy (non-hydrogen) atoms. The standard InChI is InChI=1S/C19H23O5P/c1-2-3-10-24-19-11-16(4-5-17(19)12-20)15-6-8-18(9-7-15)25(23,13-21)14-22/h4-9,11-12,21-22H,2-3,10,13-14H2,1H3. The van der Waals surface area contributed by atoms with Crippen LogP contribution in [0.2, 0.25) is 0 Å². The van der Waals surface area contributed by atoms with Gasteiger partial charge in [0.25, 0.3) is 0 Å². The maximum Gasteiger partial charge on any atom is 0.163 e. The van der Waals surface area contributed by atoms with Crippen LogP contribution in [-0.2, 0) is 4.57 Å². The van der Waals surface area contributed by atoms with Crippen LogP contribution in [0.15, 0.2) is 42.5 Å². The van der Waals surface area contributed by atoms with Crippen molar-refractivity contribution in [1.82, 2.24) is 0 Å². The van der Waals surface area contributed by atoms with Gasteiger partial charge in [-0.25, -0.2) is 0 Å². The largest absolute Gasteiger partial charge is 0.493 e. The molecule has 0 amide bonds. The molecule has 0 unspecified atom stereocenters. The zero-order valence-electron chi connectivity index (χ0n) is 14.2. The topological polar surface area (TPSA) is 83.8 Å². The first-order valence-corrected chi connectivity index (χ1v) is 10.3. The van der Waals surface area contributed by atoms with Gasteiger partial charge in [-0.05, 0) is 29.7 Å². The first-order chi connectivity index (χ1) is 12.1. The van der Waals surface area contributed by atoms with Gasteiger partial charge in [-0.15, -0.1) is 0 Å². The van der Waals surface area contributed by atoms with Gasteiger partial charge >= 0.3 is 0 Å². The maximum atomic E-state index is 12.3. The Balaban J connectivity index is 2.30. The summed E-state index contributed by atoms with van der Waals surface area (Å²) in [6.07, 6.45) is 1.56. The molecule has 0 aliphatic heterocycles. The average molecular weight is 362 g/mol. The molecule has 2 aromatic carbocycles. The van der Waals surface area contributed by atoms with Crippen LogP contribution in [0.1, 0.15) is 30.1 Å². The van der Waals surface area contributed by atoms with E-state index >= 15 is 0 Å². The number of aliphatic hydroxyl groups is 2. The molecule has 0 aliphatic carbocycles.